The third kappa shape index (κ3) is 3.51. The van der Waals surface area contributed by atoms with Crippen molar-refractivity contribution in [3.05, 3.63) is 16.1 Å². The Bertz CT molecular complexity index is 383. The molecule has 3 N–H and O–H groups in total. The van der Waals surface area contributed by atoms with Crippen molar-refractivity contribution in [2.45, 2.75) is 45.2 Å². The van der Waals surface area contributed by atoms with E-state index >= 15 is 0 Å². The van der Waals surface area contributed by atoms with E-state index in [2.05, 4.69) is 10.3 Å². The van der Waals surface area contributed by atoms with Gasteiger partial charge in [0.1, 0.15) is 5.01 Å². The van der Waals surface area contributed by atoms with Crippen LogP contribution in [0.3, 0.4) is 0 Å². The molecule has 0 radical (unpaired) electrons. The summed E-state index contributed by atoms with van der Waals surface area (Å²) in [5, 5.41) is 3.94. The Morgan fingerprint density at radius 3 is 2.82 bits per heavy atom. The smallest absolute Gasteiger partial charge is 0.223 e. The molecule has 2 rings (SSSR count). The van der Waals surface area contributed by atoms with E-state index in [-0.39, 0.29) is 11.8 Å². The molecule has 4 nitrogen and oxygen atoms in total. The lowest BCUT2D eigenvalue weighted by Gasteiger charge is -2.24. The van der Waals surface area contributed by atoms with Crippen molar-refractivity contribution >= 4 is 17.2 Å². The van der Waals surface area contributed by atoms with Gasteiger partial charge in [-0.3, -0.25) is 4.79 Å². The standard InChI is InChI=1S/C12H19N3OS/c1-8-6-14-11(17-8)7-15-12(16)9-2-4-10(13)5-3-9/h6,9-10H,2-5,7,13H2,1H3,(H,15,16). The third-order valence-corrected chi connectivity index (χ3v) is 4.14. The van der Waals surface area contributed by atoms with E-state index in [1.54, 1.807) is 11.3 Å². The van der Waals surface area contributed by atoms with Crippen LogP contribution in [-0.4, -0.2) is 16.9 Å². The van der Waals surface area contributed by atoms with Crippen LogP contribution in [0, 0.1) is 12.8 Å². The molecule has 17 heavy (non-hydrogen) atoms. The predicted molar refractivity (Wildman–Crippen MR) is 68.6 cm³/mol. The van der Waals surface area contributed by atoms with E-state index in [0.717, 1.165) is 30.7 Å². The van der Waals surface area contributed by atoms with E-state index in [4.69, 9.17) is 5.73 Å². The van der Waals surface area contributed by atoms with Gasteiger partial charge in [0, 0.05) is 23.0 Å². The van der Waals surface area contributed by atoms with Gasteiger partial charge in [-0.1, -0.05) is 0 Å². The Kier molecular flexibility index (Phi) is 4.12. The summed E-state index contributed by atoms with van der Waals surface area (Å²) in [6.45, 7) is 2.57. The summed E-state index contributed by atoms with van der Waals surface area (Å²) in [7, 11) is 0. The lowest BCUT2D eigenvalue weighted by atomic mass is 9.86. The number of nitrogens with one attached hydrogen (secondary N) is 1. The van der Waals surface area contributed by atoms with Crippen LogP contribution < -0.4 is 11.1 Å². The Hall–Kier alpha value is -0.940. The third-order valence-electron chi connectivity index (χ3n) is 3.23. The van der Waals surface area contributed by atoms with Crippen molar-refractivity contribution in [1.29, 1.82) is 0 Å². The molecular weight excluding hydrogens is 234 g/mol. The number of hydrogen-bond donors (Lipinski definition) is 2. The number of amides is 1. The van der Waals surface area contributed by atoms with Gasteiger partial charge < -0.3 is 11.1 Å². The van der Waals surface area contributed by atoms with Crippen molar-refractivity contribution in [3.8, 4) is 0 Å². The number of thiazole rings is 1. The van der Waals surface area contributed by atoms with Crippen LogP contribution in [0.4, 0.5) is 0 Å². The van der Waals surface area contributed by atoms with Gasteiger partial charge in [-0.15, -0.1) is 11.3 Å². The Balaban J connectivity index is 1.77. The van der Waals surface area contributed by atoms with E-state index in [9.17, 15) is 4.79 Å². The first kappa shape index (κ1) is 12.5. The minimum atomic E-state index is 0.149. The molecule has 0 unspecified atom stereocenters. The zero-order valence-electron chi connectivity index (χ0n) is 10.1. The molecule has 0 bridgehead atoms. The van der Waals surface area contributed by atoms with Crippen molar-refractivity contribution in [2.75, 3.05) is 0 Å². The predicted octanol–water partition coefficient (Wildman–Crippen LogP) is 1.59. The lowest BCUT2D eigenvalue weighted by molar-refractivity contribution is -0.126. The molecule has 1 fully saturated rings. The molecule has 0 saturated heterocycles. The number of carbonyl (C=O) groups is 1. The van der Waals surface area contributed by atoms with Crippen LogP contribution in [0.15, 0.2) is 6.20 Å². The van der Waals surface area contributed by atoms with E-state index in [1.807, 2.05) is 13.1 Å². The molecule has 1 aliphatic rings. The maximum atomic E-state index is 11.9. The quantitative estimate of drug-likeness (QED) is 0.859. The van der Waals surface area contributed by atoms with Crippen LogP contribution >= 0.6 is 11.3 Å². The molecule has 1 saturated carbocycles. The highest BCUT2D eigenvalue weighted by molar-refractivity contribution is 7.11. The summed E-state index contributed by atoms with van der Waals surface area (Å²) >= 11 is 1.63. The summed E-state index contributed by atoms with van der Waals surface area (Å²) < 4.78 is 0. The normalized spacial score (nSPS) is 24.6. The number of nitrogens with zero attached hydrogens (tertiary/aromatic N) is 1. The highest BCUT2D eigenvalue weighted by Gasteiger charge is 2.24. The van der Waals surface area contributed by atoms with Gasteiger partial charge in [-0.25, -0.2) is 4.98 Å². The molecule has 1 aromatic rings. The SMILES string of the molecule is Cc1cnc(CNC(=O)C2CCC(N)CC2)s1. The Morgan fingerprint density at radius 2 is 2.24 bits per heavy atom. The number of rotatable bonds is 3. The summed E-state index contributed by atoms with van der Waals surface area (Å²) in [4.78, 5) is 17.3. The lowest BCUT2D eigenvalue weighted by Crippen LogP contribution is -2.35. The summed E-state index contributed by atoms with van der Waals surface area (Å²) in [5.74, 6) is 0.306. The zero-order chi connectivity index (χ0) is 12.3. The maximum Gasteiger partial charge on any atom is 0.223 e. The average molecular weight is 253 g/mol. The van der Waals surface area contributed by atoms with Crippen molar-refractivity contribution in [1.82, 2.24) is 10.3 Å². The largest absolute Gasteiger partial charge is 0.349 e. The molecule has 5 heteroatoms. The fraction of sp³-hybridized carbons (Fsp3) is 0.667. The Morgan fingerprint density at radius 1 is 1.53 bits per heavy atom. The van der Waals surface area contributed by atoms with Crippen LogP contribution in [0.1, 0.15) is 35.6 Å². The van der Waals surface area contributed by atoms with Crippen LogP contribution in [0.5, 0.6) is 0 Å². The minimum Gasteiger partial charge on any atom is -0.349 e. The average Bonchev–Trinajstić information content (AvgIpc) is 2.73. The summed E-state index contributed by atoms with van der Waals surface area (Å²) in [6.07, 6.45) is 5.61. The van der Waals surface area contributed by atoms with Gasteiger partial charge in [0.15, 0.2) is 0 Å². The summed E-state index contributed by atoms with van der Waals surface area (Å²) in [5.41, 5.74) is 5.82. The van der Waals surface area contributed by atoms with Gasteiger partial charge in [0.2, 0.25) is 5.91 Å². The first-order valence-corrected chi connectivity index (χ1v) is 6.91. The number of nitrogens with two attached hydrogens (primary N) is 1. The van der Waals surface area contributed by atoms with E-state index < -0.39 is 0 Å². The highest BCUT2D eigenvalue weighted by Crippen LogP contribution is 2.23. The number of hydrogen-bond acceptors (Lipinski definition) is 4. The van der Waals surface area contributed by atoms with E-state index in [0.29, 0.717) is 12.6 Å². The number of carbonyl (C=O) groups excluding carboxylic acids is 1. The fourth-order valence-electron chi connectivity index (χ4n) is 2.17. The zero-order valence-corrected chi connectivity index (χ0v) is 10.9. The summed E-state index contributed by atoms with van der Waals surface area (Å²) in [6, 6.07) is 0.292. The molecule has 1 aromatic heterocycles. The van der Waals surface area contributed by atoms with Crippen molar-refractivity contribution in [3.63, 3.8) is 0 Å². The van der Waals surface area contributed by atoms with E-state index in [1.165, 1.54) is 4.88 Å². The number of aryl methyl sites for hydroxylation is 1. The molecule has 94 valence electrons. The van der Waals surface area contributed by atoms with Crippen LogP contribution in [-0.2, 0) is 11.3 Å². The van der Waals surface area contributed by atoms with Gasteiger partial charge in [0.25, 0.3) is 0 Å². The molecule has 0 aliphatic heterocycles. The first-order chi connectivity index (χ1) is 8.15. The molecule has 0 aromatic carbocycles. The second kappa shape index (κ2) is 5.60. The molecule has 1 aliphatic carbocycles. The molecular formula is C12H19N3OS. The Labute approximate surface area is 106 Å². The van der Waals surface area contributed by atoms with Crippen molar-refractivity contribution < 1.29 is 4.79 Å². The second-order valence-electron chi connectivity index (χ2n) is 4.69. The molecule has 1 amide bonds. The van der Waals surface area contributed by atoms with Crippen LogP contribution in [0.25, 0.3) is 0 Å². The monoisotopic (exact) mass is 253 g/mol. The minimum absolute atomic E-state index is 0.149. The molecule has 0 atom stereocenters. The van der Waals surface area contributed by atoms with Crippen LogP contribution in [0.2, 0.25) is 0 Å². The topological polar surface area (TPSA) is 68.0 Å². The van der Waals surface area contributed by atoms with Gasteiger partial charge in [-0.2, -0.15) is 0 Å². The highest BCUT2D eigenvalue weighted by atomic mass is 32.1. The molecule has 1 heterocycles. The van der Waals surface area contributed by atoms with Crippen molar-refractivity contribution in [2.24, 2.45) is 11.7 Å². The van der Waals surface area contributed by atoms with Gasteiger partial charge in [0.05, 0.1) is 6.54 Å². The second-order valence-corrected chi connectivity index (χ2v) is 6.01. The van der Waals surface area contributed by atoms with Gasteiger partial charge >= 0.3 is 0 Å². The maximum absolute atomic E-state index is 11.9. The molecule has 0 spiro atoms. The first-order valence-electron chi connectivity index (χ1n) is 6.09. The number of aromatic nitrogens is 1. The fourth-order valence-corrected chi connectivity index (χ4v) is 2.90. The van der Waals surface area contributed by atoms with Gasteiger partial charge in [-0.05, 0) is 32.6 Å².